The predicted octanol–water partition coefficient (Wildman–Crippen LogP) is 2.54. The maximum absolute atomic E-state index is 11.2. The Hall–Kier alpha value is -0.790. The summed E-state index contributed by atoms with van der Waals surface area (Å²) in [6, 6.07) is 0. The molecule has 0 N–H and O–H groups in total. The zero-order valence-electron chi connectivity index (χ0n) is 9.02. The van der Waals surface area contributed by atoms with Gasteiger partial charge in [-0.15, -0.1) is 0 Å². The average molecular weight is 206 g/mol. The van der Waals surface area contributed by atoms with E-state index in [0.717, 1.165) is 24.2 Å². The zero-order chi connectivity index (χ0) is 10.4. The minimum Gasteiger partial charge on any atom is -0.459 e. The molecule has 0 aromatic carbocycles. The summed E-state index contributed by atoms with van der Waals surface area (Å²) in [7, 11) is 0. The first-order valence-electron chi connectivity index (χ1n) is 6.12. The molecule has 0 unspecified atom stereocenters. The van der Waals surface area contributed by atoms with E-state index in [1.54, 1.807) is 0 Å². The van der Waals surface area contributed by atoms with E-state index in [-0.39, 0.29) is 12.1 Å². The minimum atomic E-state index is -0.234. The normalized spacial score (nSPS) is 46.5. The zero-order valence-corrected chi connectivity index (χ0v) is 9.02. The van der Waals surface area contributed by atoms with Crippen molar-refractivity contribution in [1.29, 1.82) is 0 Å². The molecule has 2 heteroatoms. The number of hydrogen-bond acceptors (Lipinski definition) is 2. The van der Waals surface area contributed by atoms with Crippen LogP contribution < -0.4 is 0 Å². The van der Waals surface area contributed by atoms with E-state index in [0.29, 0.717) is 5.92 Å². The molecule has 5 atom stereocenters. The molecule has 3 saturated carbocycles. The number of hydrogen-bond donors (Lipinski definition) is 0. The minimum absolute atomic E-state index is 0.208. The fraction of sp³-hybridized carbons (Fsp3) is 0.769. The quantitative estimate of drug-likeness (QED) is 0.512. The third kappa shape index (κ3) is 1.34. The van der Waals surface area contributed by atoms with E-state index in [4.69, 9.17) is 4.74 Å². The third-order valence-corrected chi connectivity index (χ3v) is 4.80. The summed E-state index contributed by atoms with van der Waals surface area (Å²) in [5.41, 5.74) is 0. The van der Waals surface area contributed by atoms with Crippen LogP contribution >= 0.6 is 0 Å². The molecule has 0 radical (unpaired) electrons. The van der Waals surface area contributed by atoms with Gasteiger partial charge in [-0.05, 0) is 49.4 Å². The number of fused-ring (bicyclic) bond motifs is 5. The highest BCUT2D eigenvalue weighted by Crippen LogP contribution is 2.59. The first-order valence-corrected chi connectivity index (χ1v) is 6.12. The molecule has 82 valence electrons. The Morgan fingerprint density at radius 1 is 1.20 bits per heavy atom. The molecular formula is C13H18O2. The lowest BCUT2D eigenvalue weighted by atomic mass is 9.80. The number of rotatable bonds is 2. The van der Waals surface area contributed by atoms with Crippen molar-refractivity contribution in [2.24, 2.45) is 23.7 Å². The second kappa shape index (κ2) is 3.36. The summed E-state index contributed by atoms with van der Waals surface area (Å²) < 4.78 is 5.45. The van der Waals surface area contributed by atoms with Crippen molar-refractivity contribution in [3.63, 3.8) is 0 Å². The Morgan fingerprint density at radius 2 is 2.00 bits per heavy atom. The first kappa shape index (κ1) is 9.44. The second-order valence-corrected chi connectivity index (χ2v) is 5.33. The van der Waals surface area contributed by atoms with Crippen LogP contribution in [0.2, 0.25) is 0 Å². The third-order valence-electron chi connectivity index (χ3n) is 4.80. The molecule has 2 nitrogen and oxygen atoms in total. The Kier molecular flexibility index (Phi) is 2.11. The van der Waals surface area contributed by atoms with E-state index in [1.165, 1.54) is 31.8 Å². The van der Waals surface area contributed by atoms with Crippen molar-refractivity contribution in [1.82, 2.24) is 0 Å². The highest BCUT2D eigenvalue weighted by Gasteiger charge is 2.54. The summed E-state index contributed by atoms with van der Waals surface area (Å²) in [5, 5.41) is 0. The molecule has 3 rings (SSSR count). The summed E-state index contributed by atoms with van der Waals surface area (Å²) >= 11 is 0. The van der Waals surface area contributed by atoms with Gasteiger partial charge in [-0.3, -0.25) is 0 Å². The van der Waals surface area contributed by atoms with Crippen LogP contribution in [0.1, 0.15) is 32.1 Å². The van der Waals surface area contributed by atoms with E-state index in [9.17, 15) is 4.79 Å². The van der Waals surface area contributed by atoms with Crippen molar-refractivity contribution < 1.29 is 9.53 Å². The van der Waals surface area contributed by atoms with Crippen LogP contribution in [-0.2, 0) is 9.53 Å². The van der Waals surface area contributed by atoms with Gasteiger partial charge in [0.15, 0.2) is 0 Å². The van der Waals surface area contributed by atoms with E-state index in [1.807, 2.05) is 0 Å². The van der Waals surface area contributed by atoms with Crippen LogP contribution in [0.4, 0.5) is 0 Å². The van der Waals surface area contributed by atoms with Crippen molar-refractivity contribution in [3.05, 3.63) is 12.7 Å². The fourth-order valence-corrected chi connectivity index (χ4v) is 4.34. The SMILES string of the molecule is C=CC(=O)O[C@@H]1C[C@H]2C[C@H]1[C@@H]1CCC[C@H]21. The predicted molar refractivity (Wildman–Crippen MR) is 57.1 cm³/mol. The van der Waals surface area contributed by atoms with Gasteiger partial charge in [-0.2, -0.15) is 0 Å². The first-order chi connectivity index (χ1) is 7.29. The monoisotopic (exact) mass is 206 g/mol. The van der Waals surface area contributed by atoms with Crippen molar-refractivity contribution in [3.8, 4) is 0 Å². The highest BCUT2D eigenvalue weighted by atomic mass is 16.5. The van der Waals surface area contributed by atoms with E-state index in [2.05, 4.69) is 6.58 Å². The molecule has 0 aromatic rings. The summed E-state index contributed by atoms with van der Waals surface area (Å²) in [5.74, 6) is 3.12. The summed E-state index contributed by atoms with van der Waals surface area (Å²) in [4.78, 5) is 11.2. The Bertz CT molecular complexity index is 297. The van der Waals surface area contributed by atoms with Gasteiger partial charge in [0.05, 0.1) is 0 Å². The Labute approximate surface area is 90.7 Å². The lowest BCUT2D eigenvalue weighted by Gasteiger charge is -2.30. The van der Waals surface area contributed by atoms with Crippen molar-refractivity contribution in [2.45, 2.75) is 38.2 Å². The van der Waals surface area contributed by atoms with Gasteiger partial charge in [0.1, 0.15) is 6.10 Å². The summed E-state index contributed by atoms with van der Waals surface area (Å²) in [6.07, 6.45) is 8.11. The average Bonchev–Trinajstić information content (AvgIpc) is 2.87. The molecule has 15 heavy (non-hydrogen) atoms. The Morgan fingerprint density at radius 3 is 2.80 bits per heavy atom. The van der Waals surface area contributed by atoms with Crippen LogP contribution in [-0.4, -0.2) is 12.1 Å². The molecule has 0 aromatic heterocycles. The molecule has 0 saturated heterocycles. The molecule has 3 aliphatic carbocycles. The Balaban J connectivity index is 1.70. The van der Waals surface area contributed by atoms with E-state index >= 15 is 0 Å². The topological polar surface area (TPSA) is 26.3 Å². The number of ether oxygens (including phenoxy) is 1. The maximum Gasteiger partial charge on any atom is 0.330 e. The molecule has 0 heterocycles. The number of carbonyl (C=O) groups excluding carboxylic acids is 1. The molecule has 2 bridgehead atoms. The van der Waals surface area contributed by atoms with Gasteiger partial charge in [-0.1, -0.05) is 13.0 Å². The molecule has 0 amide bonds. The molecule has 3 fully saturated rings. The number of carbonyl (C=O) groups is 1. The van der Waals surface area contributed by atoms with Gasteiger partial charge in [0, 0.05) is 6.08 Å². The largest absolute Gasteiger partial charge is 0.459 e. The number of esters is 1. The van der Waals surface area contributed by atoms with Crippen LogP contribution in [0, 0.1) is 23.7 Å². The van der Waals surface area contributed by atoms with E-state index < -0.39 is 0 Å². The van der Waals surface area contributed by atoms with Gasteiger partial charge in [0.2, 0.25) is 0 Å². The van der Waals surface area contributed by atoms with Crippen LogP contribution in [0.5, 0.6) is 0 Å². The van der Waals surface area contributed by atoms with Gasteiger partial charge < -0.3 is 4.74 Å². The van der Waals surface area contributed by atoms with Gasteiger partial charge in [0.25, 0.3) is 0 Å². The lowest BCUT2D eigenvalue weighted by molar-refractivity contribution is -0.146. The van der Waals surface area contributed by atoms with Crippen LogP contribution in [0.25, 0.3) is 0 Å². The molecular weight excluding hydrogens is 188 g/mol. The maximum atomic E-state index is 11.2. The molecule has 0 aliphatic heterocycles. The second-order valence-electron chi connectivity index (χ2n) is 5.33. The van der Waals surface area contributed by atoms with Gasteiger partial charge in [-0.25, -0.2) is 4.79 Å². The smallest absolute Gasteiger partial charge is 0.330 e. The van der Waals surface area contributed by atoms with Crippen molar-refractivity contribution >= 4 is 5.97 Å². The lowest BCUT2D eigenvalue weighted by Crippen LogP contribution is -2.31. The van der Waals surface area contributed by atoms with Crippen LogP contribution in [0.15, 0.2) is 12.7 Å². The van der Waals surface area contributed by atoms with Crippen LogP contribution in [0.3, 0.4) is 0 Å². The summed E-state index contributed by atoms with van der Waals surface area (Å²) in [6.45, 7) is 3.46. The molecule has 0 spiro atoms. The fourth-order valence-electron chi connectivity index (χ4n) is 4.34. The van der Waals surface area contributed by atoms with Gasteiger partial charge >= 0.3 is 5.97 Å². The van der Waals surface area contributed by atoms with Crippen molar-refractivity contribution in [2.75, 3.05) is 0 Å². The molecule has 3 aliphatic rings. The standard InChI is InChI=1S/C13H18O2/c1-2-13(14)15-12-7-8-6-11(12)10-5-3-4-9(8)10/h2,8-12H,1,3-7H2/t8-,9-,10-,11+,12-/m1/s1. The highest BCUT2D eigenvalue weighted by molar-refractivity contribution is 5.81.